The number of aryl methyl sites for hydroxylation is 3. The van der Waals surface area contributed by atoms with E-state index in [1.807, 2.05) is 62.4 Å². The van der Waals surface area contributed by atoms with Crippen LogP contribution in [0.15, 0.2) is 71.9 Å². The van der Waals surface area contributed by atoms with Crippen LogP contribution in [0.1, 0.15) is 32.9 Å². The lowest BCUT2D eigenvalue weighted by Gasteiger charge is -2.12. The number of aromatic nitrogens is 3. The van der Waals surface area contributed by atoms with E-state index in [4.69, 9.17) is 0 Å². The van der Waals surface area contributed by atoms with Gasteiger partial charge in [-0.1, -0.05) is 42.1 Å². The largest absolute Gasteiger partial charge is 0.345 e. The van der Waals surface area contributed by atoms with E-state index in [-0.39, 0.29) is 29.5 Å². The number of nitro groups is 1. The van der Waals surface area contributed by atoms with Gasteiger partial charge in [-0.3, -0.25) is 24.3 Å². The molecular formula is C27H26N6O4S. The average Bonchev–Trinajstić information content (AvgIpc) is 3.29. The third-order valence-electron chi connectivity index (χ3n) is 5.67. The zero-order valence-corrected chi connectivity index (χ0v) is 21.9. The van der Waals surface area contributed by atoms with Crippen molar-refractivity contribution < 1.29 is 14.5 Å². The standard InChI is InChI=1S/C27H26N6O4S/c1-17-6-4-8-21(12-17)29-25(34)16-38-27-31-30-24(32(27)22-9-5-7-18(2)13-22)15-28-26(35)20-11-10-19(3)23(14-20)33(36)37/h4-14H,15-16H2,1-3H3,(H,28,35)(H,29,34). The molecule has 0 saturated carbocycles. The van der Waals surface area contributed by atoms with E-state index in [9.17, 15) is 19.7 Å². The van der Waals surface area contributed by atoms with Crippen LogP contribution in [0.25, 0.3) is 5.69 Å². The number of thioether (sulfide) groups is 1. The van der Waals surface area contributed by atoms with Gasteiger partial charge >= 0.3 is 0 Å². The number of nitrogens with one attached hydrogen (secondary N) is 2. The maximum Gasteiger partial charge on any atom is 0.273 e. The number of anilines is 1. The Morgan fingerprint density at radius 1 is 0.974 bits per heavy atom. The van der Waals surface area contributed by atoms with Gasteiger partial charge < -0.3 is 10.6 Å². The second-order valence-electron chi connectivity index (χ2n) is 8.72. The van der Waals surface area contributed by atoms with E-state index >= 15 is 0 Å². The molecule has 10 nitrogen and oxygen atoms in total. The minimum atomic E-state index is -0.515. The van der Waals surface area contributed by atoms with Crippen molar-refractivity contribution in [3.63, 3.8) is 0 Å². The van der Waals surface area contributed by atoms with Crippen LogP contribution in [0.2, 0.25) is 0 Å². The Bertz CT molecular complexity index is 1520. The van der Waals surface area contributed by atoms with Gasteiger partial charge in [-0.2, -0.15) is 0 Å². The molecule has 0 saturated heterocycles. The van der Waals surface area contributed by atoms with Crippen molar-refractivity contribution in [1.29, 1.82) is 0 Å². The fourth-order valence-corrected chi connectivity index (χ4v) is 4.56. The maximum absolute atomic E-state index is 12.8. The summed E-state index contributed by atoms with van der Waals surface area (Å²) in [5.74, 6) is -0.0990. The zero-order valence-electron chi connectivity index (χ0n) is 21.1. The van der Waals surface area contributed by atoms with Crippen LogP contribution in [0, 0.1) is 30.9 Å². The van der Waals surface area contributed by atoms with E-state index < -0.39 is 10.8 Å². The van der Waals surface area contributed by atoms with Gasteiger partial charge in [0.1, 0.15) is 0 Å². The first-order valence-corrected chi connectivity index (χ1v) is 12.7. The molecule has 4 rings (SSSR count). The Balaban J connectivity index is 1.52. The number of carbonyl (C=O) groups is 2. The molecule has 0 bridgehead atoms. The molecule has 1 aromatic heterocycles. The average molecular weight is 531 g/mol. The van der Waals surface area contributed by atoms with Crippen LogP contribution >= 0.6 is 11.8 Å². The van der Waals surface area contributed by atoms with Crippen LogP contribution in [-0.4, -0.2) is 37.3 Å². The van der Waals surface area contributed by atoms with E-state index in [0.29, 0.717) is 16.5 Å². The monoisotopic (exact) mass is 530 g/mol. The van der Waals surface area contributed by atoms with E-state index in [1.165, 1.54) is 23.9 Å². The van der Waals surface area contributed by atoms with Crippen LogP contribution in [0.5, 0.6) is 0 Å². The summed E-state index contributed by atoms with van der Waals surface area (Å²) in [7, 11) is 0. The molecule has 2 N–H and O–H groups in total. The van der Waals surface area contributed by atoms with Gasteiger partial charge in [-0.15, -0.1) is 10.2 Å². The van der Waals surface area contributed by atoms with Gasteiger partial charge in [0.25, 0.3) is 11.6 Å². The van der Waals surface area contributed by atoms with Crippen LogP contribution in [0.4, 0.5) is 11.4 Å². The summed E-state index contributed by atoms with van der Waals surface area (Å²) in [6.45, 7) is 5.55. The number of amides is 2. The number of nitrogens with zero attached hydrogens (tertiary/aromatic N) is 4. The molecule has 0 fully saturated rings. The molecular weight excluding hydrogens is 504 g/mol. The number of nitro benzene ring substituents is 1. The molecule has 0 aliphatic heterocycles. The third-order valence-corrected chi connectivity index (χ3v) is 6.60. The quantitative estimate of drug-likeness (QED) is 0.181. The Labute approximate surface area is 223 Å². The predicted molar refractivity (Wildman–Crippen MR) is 146 cm³/mol. The summed E-state index contributed by atoms with van der Waals surface area (Å²) >= 11 is 1.23. The molecule has 0 spiro atoms. The molecule has 11 heteroatoms. The number of carbonyl (C=O) groups excluding carboxylic acids is 2. The van der Waals surface area contributed by atoms with E-state index in [1.54, 1.807) is 17.6 Å². The topological polar surface area (TPSA) is 132 Å². The highest BCUT2D eigenvalue weighted by atomic mass is 32.2. The molecule has 1 heterocycles. The number of benzene rings is 3. The van der Waals surface area contributed by atoms with Crippen molar-refractivity contribution in [2.75, 3.05) is 11.1 Å². The molecule has 0 aliphatic rings. The Morgan fingerprint density at radius 3 is 2.42 bits per heavy atom. The van der Waals surface area contributed by atoms with Gasteiger partial charge in [0.05, 0.1) is 17.2 Å². The SMILES string of the molecule is Cc1cccc(NC(=O)CSc2nnc(CNC(=O)c3ccc(C)c([N+](=O)[O-])c3)n2-c2cccc(C)c2)c1. The van der Waals surface area contributed by atoms with Crippen molar-refractivity contribution in [3.8, 4) is 5.69 Å². The second-order valence-corrected chi connectivity index (χ2v) is 9.66. The first-order chi connectivity index (χ1) is 18.2. The molecule has 0 aliphatic carbocycles. The van der Waals surface area contributed by atoms with E-state index in [0.717, 1.165) is 22.5 Å². The van der Waals surface area contributed by atoms with Gasteiger partial charge in [0.15, 0.2) is 11.0 Å². The predicted octanol–water partition coefficient (Wildman–Crippen LogP) is 4.76. The Hall–Kier alpha value is -4.51. The Kier molecular flexibility index (Phi) is 8.17. The van der Waals surface area contributed by atoms with Crippen LogP contribution in [0.3, 0.4) is 0 Å². The third kappa shape index (κ3) is 6.43. The van der Waals surface area contributed by atoms with Crippen LogP contribution < -0.4 is 10.6 Å². The second kappa shape index (κ2) is 11.7. The van der Waals surface area contributed by atoms with Gasteiger partial charge in [-0.25, -0.2) is 0 Å². The van der Waals surface area contributed by atoms with Crippen molar-refractivity contribution in [2.24, 2.45) is 0 Å². The van der Waals surface area contributed by atoms with E-state index in [2.05, 4.69) is 20.8 Å². The van der Waals surface area contributed by atoms with Gasteiger partial charge in [0, 0.05) is 28.6 Å². The molecule has 2 amide bonds. The molecule has 0 atom stereocenters. The number of hydrogen-bond acceptors (Lipinski definition) is 7. The van der Waals surface area contributed by atoms with Crippen molar-refractivity contribution in [2.45, 2.75) is 32.5 Å². The summed E-state index contributed by atoms with van der Waals surface area (Å²) in [6.07, 6.45) is 0. The lowest BCUT2D eigenvalue weighted by atomic mass is 10.1. The normalized spacial score (nSPS) is 10.7. The molecule has 4 aromatic rings. The summed E-state index contributed by atoms with van der Waals surface area (Å²) in [4.78, 5) is 36.1. The highest BCUT2D eigenvalue weighted by Crippen LogP contribution is 2.24. The van der Waals surface area contributed by atoms with Crippen LogP contribution in [-0.2, 0) is 11.3 Å². The fraction of sp³-hybridized carbons (Fsp3) is 0.185. The minimum absolute atomic E-state index is 0.0253. The first kappa shape index (κ1) is 26.6. The van der Waals surface area contributed by atoms with Crippen molar-refractivity contribution in [3.05, 3.63) is 105 Å². The molecule has 3 aromatic carbocycles. The summed E-state index contributed by atoms with van der Waals surface area (Å²) in [6, 6.07) is 19.6. The lowest BCUT2D eigenvalue weighted by Crippen LogP contribution is -2.25. The minimum Gasteiger partial charge on any atom is -0.345 e. The molecule has 0 radical (unpaired) electrons. The highest BCUT2D eigenvalue weighted by Gasteiger charge is 2.19. The van der Waals surface area contributed by atoms with Crippen molar-refractivity contribution in [1.82, 2.24) is 20.1 Å². The highest BCUT2D eigenvalue weighted by molar-refractivity contribution is 7.99. The Morgan fingerprint density at radius 2 is 1.71 bits per heavy atom. The number of rotatable bonds is 9. The fourth-order valence-electron chi connectivity index (χ4n) is 3.79. The summed E-state index contributed by atoms with van der Waals surface area (Å²) in [5, 5.41) is 25.9. The lowest BCUT2D eigenvalue weighted by molar-refractivity contribution is -0.385. The summed E-state index contributed by atoms with van der Waals surface area (Å²) in [5.41, 5.74) is 4.09. The molecule has 0 unspecified atom stereocenters. The van der Waals surface area contributed by atoms with Gasteiger partial charge in [0.2, 0.25) is 5.91 Å². The van der Waals surface area contributed by atoms with Gasteiger partial charge in [-0.05, 0) is 62.2 Å². The molecule has 194 valence electrons. The molecule has 38 heavy (non-hydrogen) atoms. The number of hydrogen-bond donors (Lipinski definition) is 2. The zero-order chi connectivity index (χ0) is 27.2. The maximum atomic E-state index is 12.8. The first-order valence-electron chi connectivity index (χ1n) is 11.7. The summed E-state index contributed by atoms with van der Waals surface area (Å²) < 4.78 is 1.79. The smallest absolute Gasteiger partial charge is 0.273 e. The van der Waals surface area contributed by atoms with Crippen molar-refractivity contribution >= 4 is 35.0 Å².